The summed E-state index contributed by atoms with van der Waals surface area (Å²) in [5.74, 6) is -1.38. The van der Waals surface area contributed by atoms with Gasteiger partial charge in [-0.15, -0.1) is 0 Å². The lowest BCUT2D eigenvalue weighted by atomic mass is 10.2. The van der Waals surface area contributed by atoms with E-state index in [1.165, 1.54) is 12.1 Å². The molecule has 0 saturated heterocycles. The minimum Gasteiger partial charge on any atom is -0.322 e. The Labute approximate surface area is 125 Å². The first-order valence-corrected chi connectivity index (χ1v) is 7.58. The number of anilines is 1. The predicted molar refractivity (Wildman–Crippen MR) is 77.2 cm³/mol. The average Bonchev–Trinajstić information content (AvgIpc) is 2.37. The van der Waals surface area contributed by atoms with Crippen LogP contribution in [-0.2, 0) is 10.0 Å². The van der Waals surface area contributed by atoms with Gasteiger partial charge < -0.3 is 5.32 Å². The monoisotopic (exact) mass is 328 g/mol. The fraction of sp³-hybridized carbons (Fsp3) is 0. The summed E-state index contributed by atoms with van der Waals surface area (Å²) in [6.07, 6.45) is 0. The first-order chi connectivity index (χ1) is 9.75. The van der Waals surface area contributed by atoms with Crippen LogP contribution in [0.3, 0.4) is 0 Å². The van der Waals surface area contributed by atoms with Crippen molar-refractivity contribution in [1.82, 2.24) is 0 Å². The van der Waals surface area contributed by atoms with E-state index in [9.17, 15) is 17.6 Å². The Morgan fingerprint density at radius 2 is 1.90 bits per heavy atom. The van der Waals surface area contributed by atoms with Crippen molar-refractivity contribution in [2.75, 3.05) is 5.32 Å². The number of carbonyl (C=O) groups is 1. The van der Waals surface area contributed by atoms with E-state index in [2.05, 4.69) is 5.32 Å². The number of hydrogen-bond acceptors (Lipinski definition) is 3. The molecule has 0 aliphatic carbocycles. The molecule has 2 aromatic rings. The number of halogens is 2. The van der Waals surface area contributed by atoms with Gasteiger partial charge in [-0.2, -0.15) is 0 Å². The lowest BCUT2D eigenvalue weighted by Crippen LogP contribution is -2.15. The Morgan fingerprint density at radius 3 is 2.52 bits per heavy atom. The second kappa shape index (κ2) is 5.80. The summed E-state index contributed by atoms with van der Waals surface area (Å²) in [6, 6.07) is 8.94. The first-order valence-electron chi connectivity index (χ1n) is 5.66. The van der Waals surface area contributed by atoms with Crippen LogP contribution in [0.2, 0.25) is 5.02 Å². The number of carbonyl (C=O) groups excluding carboxylic acids is 1. The number of hydrogen-bond donors (Lipinski definition) is 2. The van der Waals surface area contributed by atoms with Crippen molar-refractivity contribution in [2.24, 2.45) is 5.14 Å². The molecule has 0 bridgehead atoms. The van der Waals surface area contributed by atoms with E-state index in [4.69, 9.17) is 16.7 Å². The zero-order valence-corrected chi connectivity index (χ0v) is 12.1. The van der Waals surface area contributed by atoms with Crippen LogP contribution in [0.15, 0.2) is 47.4 Å². The molecule has 0 aromatic heterocycles. The maximum atomic E-state index is 13.4. The van der Waals surface area contributed by atoms with Crippen LogP contribution in [0, 0.1) is 5.82 Å². The topological polar surface area (TPSA) is 89.3 Å². The summed E-state index contributed by atoms with van der Waals surface area (Å²) in [4.78, 5) is 11.5. The molecule has 2 aromatic carbocycles. The van der Waals surface area contributed by atoms with Crippen LogP contribution >= 0.6 is 11.6 Å². The minimum absolute atomic E-state index is 0.0241. The van der Waals surface area contributed by atoms with Crippen molar-refractivity contribution in [3.63, 3.8) is 0 Å². The molecule has 8 heteroatoms. The number of sulfonamides is 1. The molecule has 0 aliphatic rings. The molecule has 0 radical (unpaired) electrons. The van der Waals surface area contributed by atoms with Crippen LogP contribution in [0.25, 0.3) is 0 Å². The van der Waals surface area contributed by atoms with E-state index in [0.29, 0.717) is 5.02 Å². The highest BCUT2D eigenvalue weighted by Gasteiger charge is 2.13. The van der Waals surface area contributed by atoms with Gasteiger partial charge in [0.1, 0.15) is 5.82 Å². The SMILES string of the molecule is NS(=O)(=O)c1cc(F)cc(NC(=O)c2cccc(Cl)c2)c1. The van der Waals surface area contributed by atoms with Crippen molar-refractivity contribution in [3.8, 4) is 0 Å². The van der Waals surface area contributed by atoms with Gasteiger partial charge in [-0.3, -0.25) is 4.79 Å². The van der Waals surface area contributed by atoms with E-state index >= 15 is 0 Å². The van der Waals surface area contributed by atoms with Gasteiger partial charge in [-0.25, -0.2) is 17.9 Å². The third kappa shape index (κ3) is 4.01. The number of nitrogens with one attached hydrogen (secondary N) is 1. The third-order valence-electron chi connectivity index (χ3n) is 2.54. The molecule has 5 nitrogen and oxygen atoms in total. The molecule has 0 fully saturated rings. The summed E-state index contributed by atoms with van der Waals surface area (Å²) >= 11 is 5.77. The average molecular weight is 329 g/mol. The lowest BCUT2D eigenvalue weighted by molar-refractivity contribution is 0.102. The summed E-state index contributed by atoms with van der Waals surface area (Å²) < 4.78 is 35.8. The van der Waals surface area contributed by atoms with Gasteiger partial charge in [0.25, 0.3) is 5.91 Å². The number of primary sulfonamides is 1. The van der Waals surface area contributed by atoms with Gasteiger partial charge in [0, 0.05) is 16.3 Å². The highest BCUT2D eigenvalue weighted by Crippen LogP contribution is 2.19. The Hall–Kier alpha value is -1.96. The number of benzene rings is 2. The molecule has 110 valence electrons. The Balaban J connectivity index is 2.32. The molecule has 0 heterocycles. The van der Waals surface area contributed by atoms with Crippen LogP contribution in [0.4, 0.5) is 10.1 Å². The summed E-state index contributed by atoms with van der Waals surface area (Å²) in [6.45, 7) is 0. The number of rotatable bonds is 3. The van der Waals surface area contributed by atoms with E-state index in [1.54, 1.807) is 12.1 Å². The standard InChI is InChI=1S/C13H10ClFN2O3S/c14-9-3-1-2-8(4-9)13(18)17-11-5-10(15)6-12(7-11)21(16,19)20/h1-7H,(H,17,18)(H2,16,19,20). The highest BCUT2D eigenvalue weighted by atomic mass is 35.5. The molecular formula is C13H10ClFN2O3S. The molecular weight excluding hydrogens is 319 g/mol. The van der Waals surface area contributed by atoms with Crippen LogP contribution < -0.4 is 10.5 Å². The van der Waals surface area contributed by atoms with Gasteiger partial charge in [0.2, 0.25) is 10.0 Å². The smallest absolute Gasteiger partial charge is 0.255 e. The molecule has 21 heavy (non-hydrogen) atoms. The molecule has 0 unspecified atom stereocenters. The molecule has 0 spiro atoms. The number of amides is 1. The van der Waals surface area contributed by atoms with Gasteiger partial charge in [-0.05, 0) is 36.4 Å². The third-order valence-corrected chi connectivity index (χ3v) is 3.67. The second-order valence-electron chi connectivity index (χ2n) is 4.19. The molecule has 0 atom stereocenters. The van der Waals surface area contributed by atoms with E-state index in [-0.39, 0.29) is 11.3 Å². The van der Waals surface area contributed by atoms with E-state index in [0.717, 1.165) is 18.2 Å². The largest absolute Gasteiger partial charge is 0.322 e. The summed E-state index contributed by atoms with van der Waals surface area (Å²) in [7, 11) is -4.07. The Kier molecular flexibility index (Phi) is 4.26. The normalized spacial score (nSPS) is 11.2. The fourth-order valence-electron chi connectivity index (χ4n) is 1.63. The summed E-state index contributed by atoms with van der Waals surface area (Å²) in [5.41, 5.74) is 0.230. The zero-order valence-electron chi connectivity index (χ0n) is 10.5. The van der Waals surface area contributed by atoms with Crippen LogP contribution in [0.1, 0.15) is 10.4 Å². The first kappa shape index (κ1) is 15.4. The predicted octanol–water partition coefficient (Wildman–Crippen LogP) is 2.38. The maximum Gasteiger partial charge on any atom is 0.255 e. The van der Waals surface area contributed by atoms with Crippen molar-refractivity contribution in [1.29, 1.82) is 0 Å². The second-order valence-corrected chi connectivity index (χ2v) is 6.18. The van der Waals surface area contributed by atoms with Crippen molar-refractivity contribution >= 4 is 33.2 Å². The van der Waals surface area contributed by atoms with Gasteiger partial charge in [-0.1, -0.05) is 17.7 Å². The Morgan fingerprint density at radius 1 is 1.19 bits per heavy atom. The molecule has 2 rings (SSSR count). The molecule has 1 amide bonds. The van der Waals surface area contributed by atoms with Crippen molar-refractivity contribution in [3.05, 3.63) is 58.9 Å². The summed E-state index contributed by atoms with van der Waals surface area (Å²) in [5, 5.41) is 7.68. The molecule has 0 saturated carbocycles. The van der Waals surface area contributed by atoms with E-state index in [1.807, 2.05) is 0 Å². The van der Waals surface area contributed by atoms with Gasteiger partial charge in [0.05, 0.1) is 4.90 Å². The fourth-order valence-corrected chi connectivity index (χ4v) is 2.39. The van der Waals surface area contributed by atoms with Crippen molar-refractivity contribution in [2.45, 2.75) is 4.90 Å². The van der Waals surface area contributed by atoms with Gasteiger partial charge >= 0.3 is 0 Å². The van der Waals surface area contributed by atoms with Gasteiger partial charge in [0.15, 0.2) is 0 Å². The quantitative estimate of drug-likeness (QED) is 0.906. The zero-order chi connectivity index (χ0) is 15.6. The lowest BCUT2D eigenvalue weighted by Gasteiger charge is -2.07. The maximum absolute atomic E-state index is 13.4. The molecule has 0 aliphatic heterocycles. The van der Waals surface area contributed by atoms with Crippen LogP contribution in [0.5, 0.6) is 0 Å². The number of nitrogens with two attached hydrogens (primary N) is 1. The molecule has 3 N–H and O–H groups in total. The Bertz CT molecular complexity index is 809. The van der Waals surface area contributed by atoms with E-state index < -0.39 is 26.6 Å². The van der Waals surface area contributed by atoms with Crippen molar-refractivity contribution < 1.29 is 17.6 Å². The minimum atomic E-state index is -4.07. The highest BCUT2D eigenvalue weighted by molar-refractivity contribution is 7.89. The van der Waals surface area contributed by atoms with Crippen LogP contribution in [-0.4, -0.2) is 14.3 Å².